The number of methoxy groups -OCH3 is 1. The second-order valence-corrected chi connectivity index (χ2v) is 9.17. The van der Waals surface area contributed by atoms with E-state index in [1.165, 1.54) is 6.42 Å². The van der Waals surface area contributed by atoms with Gasteiger partial charge in [-0.25, -0.2) is 0 Å². The highest BCUT2D eigenvalue weighted by molar-refractivity contribution is 6.31. The van der Waals surface area contributed by atoms with Crippen LogP contribution in [0.5, 0.6) is 5.75 Å². The fraction of sp³-hybridized carbons (Fsp3) is 0.321. The first-order chi connectivity index (χ1) is 17.1. The van der Waals surface area contributed by atoms with Gasteiger partial charge in [-0.05, 0) is 54.3 Å². The molecule has 0 radical (unpaired) electrons. The van der Waals surface area contributed by atoms with E-state index in [4.69, 9.17) is 16.3 Å². The molecule has 4 rings (SSSR count). The van der Waals surface area contributed by atoms with Crippen molar-refractivity contribution in [3.05, 3.63) is 94.8 Å². The van der Waals surface area contributed by atoms with Gasteiger partial charge in [0.15, 0.2) is 0 Å². The lowest BCUT2D eigenvalue weighted by Crippen LogP contribution is -2.47. The topological polar surface area (TPSA) is 71.5 Å². The van der Waals surface area contributed by atoms with Gasteiger partial charge in [0.1, 0.15) is 17.5 Å². The maximum atomic E-state index is 13.9. The normalized spacial score (nSPS) is 14.7. The highest BCUT2D eigenvalue weighted by atomic mass is 35.5. The van der Waals surface area contributed by atoms with Crippen LogP contribution in [0.25, 0.3) is 0 Å². The summed E-state index contributed by atoms with van der Waals surface area (Å²) < 4.78 is 5.43. The first-order valence-electron chi connectivity index (χ1n) is 12.0. The molecule has 0 unspecified atom stereocenters. The van der Waals surface area contributed by atoms with E-state index in [9.17, 15) is 9.59 Å². The van der Waals surface area contributed by atoms with Gasteiger partial charge >= 0.3 is 0 Å². The van der Waals surface area contributed by atoms with Crippen molar-refractivity contribution in [2.24, 2.45) is 0 Å². The Labute approximate surface area is 211 Å². The molecule has 0 spiro atoms. The number of aromatic nitrogens is 1. The summed E-state index contributed by atoms with van der Waals surface area (Å²) in [5, 5.41) is 3.75. The lowest BCUT2D eigenvalue weighted by atomic mass is 9.94. The number of nitrogens with one attached hydrogen (secondary N) is 1. The van der Waals surface area contributed by atoms with Crippen molar-refractivity contribution in [3.8, 4) is 5.75 Å². The second kappa shape index (κ2) is 11.8. The predicted molar refractivity (Wildman–Crippen MR) is 136 cm³/mol. The van der Waals surface area contributed by atoms with Crippen molar-refractivity contribution >= 4 is 23.4 Å². The van der Waals surface area contributed by atoms with Crippen molar-refractivity contribution in [2.45, 2.75) is 50.7 Å². The molecule has 0 aliphatic heterocycles. The third-order valence-corrected chi connectivity index (χ3v) is 6.73. The lowest BCUT2D eigenvalue weighted by Gasteiger charge is -2.33. The molecule has 1 aliphatic carbocycles. The summed E-state index contributed by atoms with van der Waals surface area (Å²) in [6.45, 7) is 0.148. The van der Waals surface area contributed by atoms with Crippen LogP contribution in [0.15, 0.2) is 72.9 Å². The van der Waals surface area contributed by atoms with E-state index in [-0.39, 0.29) is 30.1 Å². The maximum absolute atomic E-state index is 13.9. The van der Waals surface area contributed by atoms with Crippen molar-refractivity contribution in [2.75, 3.05) is 7.11 Å². The molecule has 7 heteroatoms. The largest absolute Gasteiger partial charge is 0.497 e. The van der Waals surface area contributed by atoms with Crippen LogP contribution in [0, 0.1) is 0 Å². The van der Waals surface area contributed by atoms with Gasteiger partial charge < -0.3 is 15.0 Å². The Morgan fingerprint density at radius 1 is 1.06 bits per heavy atom. The molecular formula is C28H30ClN3O3. The SMILES string of the molecule is COc1cccc([C@@H](C(=O)NC2CCCCC2)N(Cc2ccccc2Cl)C(=O)c2ccccn2)c1. The molecule has 2 aromatic carbocycles. The first kappa shape index (κ1) is 24.7. The molecule has 1 N–H and O–H groups in total. The Balaban J connectivity index is 1.77. The monoisotopic (exact) mass is 491 g/mol. The summed E-state index contributed by atoms with van der Waals surface area (Å²) in [5.41, 5.74) is 1.67. The van der Waals surface area contributed by atoms with Crippen molar-refractivity contribution in [3.63, 3.8) is 0 Å². The summed E-state index contributed by atoms with van der Waals surface area (Å²) in [6, 6.07) is 19.0. The van der Waals surface area contributed by atoms with Crippen LogP contribution >= 0.6 is 11.6 Å². The zero-order chi connectivity index (χ0) is 24.6. The number of hydrogen-bond donors (Lipinski definition) is 1. The van der Waals surface area contributed by atoms with Crippen molar-refractivity contribution in [1.82, 2.24) is 15.2 Å². The molecule has 2 amide bonds. The number of carbonyl (C=O) groups excluding carboxylic acids is 2. The molecular weight excluding hydrogens is 462 g/mol. The molecule has 1 heterocycles. The highest BCUT2D eigenvalue weighted by Crippen LogP contribution is 2.30. The Morgan fingerprint density at radius 2 is 1.83 bits per heavy atom. The van der Waals surface area contributed by atoms with Gasteiger partial charge in [0.2, 0.25) is 5.91 Å². The van der Waals surface area contributed by atoms with E-state index in [0.29, 0.717) is 16.3 Å². The molecule has 1 fully saturated rings. The predicted octanol–water partition coefficient (Wildman–Crippen LogP) is 5.58. The third kappa shape index (κ3) is 6.20. The molecule has 0 saturated heterocycles. The van der Waals surface area contributed by atoms with E-state index in [1.54, 1.807) is 48.5 Å². The van der Waals surface area contributed by atoms with Crippen LogP contribution in [0.2, 0.25) is 5.02 Å². The fourth-order valence-electron chi connectivity index (χ4n) is 4.54. The van der Waals surface area contributed by atoms with E-state index in [0.717, 1.165) is 31.2 Å². The van der Waals surface area contributed by atoms with Gasteiger partial charge in [-0.1, -0.05) is 67.3 Å². The molecule has 1 aliphatic rings. The zero-order valence-electron chi connectivity index (χ0n) is 19.8. The number of rotatable bonds is 8. The van der Waals surface area contributed by atoms with Crippen LogP contribution in [0.4, 0.5) is 0 Å². The minimum atomic E-state index is -0.891. The summed E-state index contributed by atoms with van der Waals surface area (Å²) in [7, 11) is 1.58. The van der Waals surface area contributed by atoms with Crippen LogP contribution < -0.4 is 10.1 Å². The highest BCUT2D eigenvalue weighted by Gasteiger charge is 2.34. The van der Waals surface area contributed by atoms with Crippen molar-refractivity contribution < 1.29 is 14.3 Å². The smallest absolute Gasteiger partial charge is 0.273 e. The lowest BCUT2D eigenvalue weighted by molar-refractivity contribution is -0.127. The molecule has 182 valence electrons. The number of nitrogens with zero attached hydrogens (tertiary/aromatic N) is 2. The molecule has 0 bridgehead atoms. The van der Waals surface area contributed by atoms with E-state index in [2.05, 4.69) is 10.3 Å². The standard InChI is InChI=1S/C28H30ClN3O3/c1-35-23-14-9-11-20(18-23)26(27(33)31-22-12-3-2-4-13-22)32(19-21-10-5-6-15-24(21)29)28(34)25-16-7-8-17-30-25/h5-11,14-18,22,26H,2-4,12-13,19H2,1H3,(H,31,33)/t26-/m0/s1. The van der Waals surface area contributed by atoms with Gasteiger partial charge in [0.25, 0.3) is 5.91 Å². The molecule has 6 nitrogen and oxygen atoms in total. The number of amides is 2. The minimum Gasteiger partial charge on any atom is -0.497 e. The van der Waals surface area contributed by atoms with Gasteiger partial charge in [0.05, 0.1) is 7.11 Å². The van der Waals surface area contributed by atoms with E-state index in [1.807, 2.05) is 36.4 Å². The maximum Gasteiger partial charge on any atom is 0.273 e. The Morgan fingerprint density at radius 3 is 2.54 bits per heavy atom. The Hall–Kier alpha value is -3.38. The third-order valence-electron chi connectivity index (χ3n) is 6.36. The quantitative estimate of drug-likeness (QED) is 0.446. The number of benzene rings is 2. The van der Waals surface area contributed by atoms with Gasteiger partial charge in [0, 0.05) is 23.8 Å². The number of halogens is 1. The summed E-state index contributed by atoms with van der Waals surface area (Å²) in [4.78, 5) is 33.5. The molecule has 1 aromatic heterocycles. The minimum absolute atomic E-state index is 0.0940. The average Bonchev–Trinajstić information content (AvgIpc) is 2.90. The molecule has 1 saturated carbocycles. The molecule has 35 heavy (non-hydrogen) atoms. The van der Waals surface area contributed by atoms with Crippen LogP contribution in [0.3, 0.4) is 0 Å². The summed E-state index contributed by atoms with van der Waals surface area (Å²) in [6.07, 6.45) is 6.81. The van der Waals surface area contributed by atoms with Crippen LogP contribution in [-0.4, -0.2) is 34.8 Å². The number of ether oxygens (including phenoxy) is 1. The number of pyridine rings is 1. The molecule has 3 aromatic rings. The van der Waals surface area contributed by atoms with Gasteiger partial charge in [-0.15, -0.1) is 0 Å². The van der Waals surface area contributed by atoms with E-state index < -0.39 is 6.04 Å². The summed E-state index contributed by atoms with van der Waals surface area (Å²) >= 11 is 6.48. The number of hydrogen-bond acceptors (Lipinski definition) is 4. The Bertz CT molecular complexity index is 1150. The van der Waals surface area contributed by atoms with Gasteiger partial charge in [-0.2, -0.15) is 0 Å². The Kier molecular flexibility index (Phi) is 8.37. The van der Waals surface area contributed by atoms with Crippen molar-refractivity contribution in [1.29, 1.82) is 0 Å². The van der Waals surface area contributed by atoms with E-state index >= 15 is 0 Å². The van der Waals surface area contributed by atoms with Gasteiger partial charge in [-0.3, -0.25) is 14.6 Å². The molecule has 1 atom stereocenters. The zero-order valence-corrected chi connectivity index (χ0v) is 20.6. The average molecular weight is 492 g/mol. The van der Waals surface area contributed by atoms with Crippen LogP contribution in [-0.2, 0) is 11.3 Å². The summed E-state index contributed by atoms with van der Waals surface area (Å²) in [5.74, 6) is 0.0413. The number of carbonyl (C=O) groups is 2. The second-order valence-electron chi connectivity index (χ2n) is 8.76. The fourth-order valence-corrected chi connectivity index (χ4v) is 4.73. The van der Waals surface area contributed by atoms with Crippen LogP contribution in [0.1, 0.15) is 59.8 Å². The first-order valence-corrected chi connectivity index (χ1v) is 12.3.